The number of hydrogen-bond donors (Lipinski definition) is 0. The van der Waals surface area contributed by atoms with Crippen LogP contribution in [0.1, 0.15) is 59.3 Å². The highest BCUT2D eigenvalue weighted by atomic mass is 16.2. The summed E-state index contributed by atoms with van der Waals surface area (Å²) in [5.74, 6) is 0.334. The van der Waals surface area contributed by atoms with Gasteiger partial charge in [0.05, 0.1) is 0 Å². The van der Waals surface area contributed by atoms with Crippen LogP contribution in [0.15, 0.2) is 23.3 Å². The van der Waals surface area contributed by atoms with Crippen LogP contribution in [0.3, 0.4) is 0 Å². The van der Waals surface area contributed by atoms with Gasteiger partial charge in [0.1, 0.15) is 0 Å². The second-order valence-corrected chi connectivity index (χ2v) is 5.52. The maximum atomic E-state index is 11.8. The standard InChI is InChI=1S/C16H27NO/c1-14(2)8-7-9-15(3)11-13-17-12-6-4-5-10-16(17)18/h8,11H,4-7,9-10,12-13H2,1-3H3. The van der Waals surface area contributed by atoms with Crippen LogP contribution in [0.25, 0.3) is 0 Å². The molecule has 102 valence electrons. The molecule has 18 heavy (non-hydrogen) atoms. The molecule has 0 radical (unpaired) electrons. The monoisotopic (exact) mass is 249 g/mol. The molecule has 0 bridgehead atoms. The van der Waals surface area contributed by atoms with Gasteiger partial charge < -0.3 is 4.90 Å². The quantitative estimate of drug-likeness (QED) is 0.672. The highest BCUT2D eigenvalue weighted by Crippen LogP contribution is 2.12. The maximum absolute atomic E-state index is 11.8. The van der Waals surface area contributed by atoms with E-state index in [0.29, 0.717) is 5.91 Å². The fourth-order valence-corrected chi connectivity index (χ4v) is 2.19. The third-order valence-electron chi connectivity index (χ3n) is 3.42. The highest BCUT2D eigenvalue weighted by molar-refractivity contribution is 5.76. The Labute approximate surface area is 112 Å². The van der Waals surface area contributed by atoms with Gasteiger partial charge in [0.15, 0.2) is 0 Å². The molecule has 1 aliphatic heterocycles. The average molecular weight is 249 g/mol. The van der Waals surface area contributed by atoms with E-state index >= 15 is 0 Å². The van der Waals surface area contributed by atoms with Gasteiger partial charge in [-0.1, -0.05) is 29.7 Å². The van der Waals surface area contributed by atoms with Crippen molar-refractivity contribution in [1.82, 2.24) is 4.90 Å². The summed E-state index contributed by atoms with van der Waals surface area (Å²) in [7, 11) is 0. The van der Waals surface area contributed by atoms with Crippen molar-refractivity contribution in [1.29, 1.82) is 0 Å². The molecule has 1 fully saturated rings. The van der Waals surface area contributed by atoms with E-state index in [1.165, 1.54) is 17.6 Å². The van der Waals surface area contributed by atoms with Gasteiger partial charge in [0.2, 0.25) is 5.91 Å². The lowest BCUT2D eigenvalue weighted by molar-refractivity contribution is -0.130. The molecule has 0 saturated carbocycles. The van der Waals surface area contributed by atoms with E-state index < -0.39 is 0 Å². The van der Waals surface area contributed by atoms with Crippen molar-refractivity contribution in [3.05, 3.63) is 23.3 Å². The van der Waals surface area contributed by atoms with Crippen LogP contribution < -0.4 is 0 Å². The van der Waals surface area contributed by atoms with Gasteiger partial charge in [-0.15, -0.1) is 0 Å². The number of allylic oxidation sites excluding steroid dienone is 3. The molecule has 0 aromatic heterocycles. The molecule has 0 aromatic rings. The Morgan fingerprint density at radius 2 is 1.94 bits per heavy atom. The zero-order chi connectivity index (χ0) is 13.4. The summed E-state index contributed by atoms with van der Waals surface area (Å²) in [6.45, 7) is 8.18. The first-order chi connectivity index (χ1) is 8.59. The number of amides is 1. The molecule has 1 saturated heterocycles. The molecule has 1 heterocycles. The second-order valence-electron chi connectivity index (χ2n) is 5.52. The predicted molar refractivity (Wildman–Crippen MR) is 77.5 cm³/mol. The van der Waals surface area contributed by atoms with Crippen LogP contribution in [0.4, 0.5) is 0 Å². The van der Waals surface area contributed by atoms with Crippen molar-refractivity contribution in [3.63, 3.8) is 0 Å². The normalized spacial score (nSPS) is 17.6. The number of nitrogens with zero attached hydrogens (tertiary/aromatic N) is 1. The molecule has 1 rings (SSSR count). The number of rotatable bonds is 5. The van der Waals surface area contributed by atoms with Crippen molar-refractivity contribution in [2.24, 2.45) is 0 Å². The summed E-state index contributed by atoms with van der Waals surface area (Å²) in [6.07, 6.45) is 10.9. The molecule has 2 nitrogen and oxygen atoms in total. The zero-order valence-corrected chi connectivity index (χ0v) is 12.2. The van der Waals surface area contributed by atoms with E-state index in [9.17, 15) is 4.79 Å². The summed E-state index contributed by atoms with van der Waals surface area (Å²) < 4.78 is 0. The minimum atomic E-state index is 0.334. The minimum absolute atomic E-state index is 0.334. The van der Waals surface area contributed by atoms with E-state index in [1.807, 2.05) is 4.90 Å². The predicted octanol–water partition coefficient (Wildman–Crippen LogP) is 4.08. The molecule has 0 atom stereocenters. The molecule has 0 aliphatic carbocycles. The SMILES string of the molecule is CC(C)=CCCC(C)=CCN1CCCCCC1=O. The van der Waals surface area contributed by atoms with Crippen molar-refractivity contribution >= 4 is 5.91 Å². The summed E-state index contributed by atoms with van der Waals surface area (Å²) in [5.41, 5.74) is 2.77. The van der Waals surface area contributed by atoms with Gasteiger partial charge in [-0.2, -0.15) is 0 Å². The first-order valence-electron chi connectivity index (χ1n) is 7.16. The van der Waals surface area contributed by atoms with Gasteiger partial charge in [-0.25, -0.2) is 0 Å². The Hall–Kier alpha value is -1.05. The third-order valence-corrected chi connectivity index (χ3v) is 3.42. The van der Waals surface area contributed by atoms with Gasteiger partial charge in [-0.05, 0) is 46.5 Å². The lowest BCUT2D eigenvalue weighted by Gasteiger charge is -2.18. The van der Waals surface area contributed by atoms with Crippen molar-refractivity contribution in [2.75, 3.05) is 13.1 Å². The highest BCUT2D eigenvalue weighted by Gasteiger charge is 2.14. The van der Waals surface area contributed by atoms with E-state index in [2.05, 4.69) is 32.9 Å². The van der Waals surface area contributed by atoms with E-state index in [4.69, 9.17) is 0 Å². The van der Waals surface area contributed by atoms with Crippen molar-refractivity contribution < 1.29 is 4.79 Å². The molecule has 0 unspecified atom stereocenters. The molecule has 0 N–H and O–H groups in total. The van der Waals surface area contributed by atoms with E-state index in [-0.39, 0.29) is 0 Å². The van der Waals surface area contributed by atoms with Crippen LogP contribution in [0.5, 0.6) is 0 Å². The lowest BCUT2D eigenvalue weighted by Crippen LogP contribution is -2.30. The second kappa shape index (κ2) is 8.12. The number of carbonyl (C=O) groups is 1. The first-order valence-corrected chi connectivity index (χ1v) is 7.16. The van der Waals surface area contributed by atoms with Crippen molar-refractivity contribution in [3.8, 4) is 0 Å². The number of carbonyl (C=O) groups excluding carboxylic acids is 1. The molecule has 0 aromatic carbocycles. The Kier molecular flexibility index (Phi) is 6.77. The Morgan fingerprint density at radius 3 is 2.67 bits per heavy atom. The Bertz CT molecular complexity index is 324. The van der Waals surface area contributed by atoms with Gasteiger partial charge in [0.25, 0.3) is 0 Å². The van der Waals surface area contributed by atoms with Crippen LogP contribution >= 0.6 is 0 Å². The molecular formula is C16H27NO. The summed E-state index contributed by atoms with van der Waals surface area (Å²) in [6, 6.07) is 0. The largest absolute Gasteiger partial charge is 0.339 e. The topological polar surface area (TPSA) is 20.3 Å². The number of hydrogen-bond acceptors (Lipinski definition) is 1. The van der Waals surface area contributed by atoms with Gasteiger partial charge >= 0.3 is 0 Å². The van der Waals surface area contributed by atoms with Crippen LogP contribution in [-0.4, -0.2) is 23.9 Å². The van der Waals surface area contributed by atoms with Crippen LogP contribution in [-0.2, 0) is 4.79 Å². The summed E-state index contributed by atoms with van der Waals surface area (Å²) in [4.78, 5) is 13.8. The Morgan fingerprint density at radius 1 is 1.17 bits per heavy atom. The minimum Gasteiger partial charge on any atom is -0.339 e. The molecule has 1 amide bonds. The van der Waals surface area contributed by atoms with Crippen LogP contribution in [0, 0.1) is 0 Å². The smallest absolute Gasteiger partial charge is 0.222 e. The van der Waals surface area contributed by atoms with Crippen LogP contribution in [0.2, 0.25) is 0 Å². The molecule has 1 aliphatic rings. The first kappa shape index (κ1) is 15.0. The van der Waals surface area contributed by atoms with Gasteiger partial charge in [-0.3, -0.25) is 4.79 Å². The van der Waals surface area contributed by atoms with Gasteiger partial charge in [0, 0.05) is 19.5 Å². The van der Waals surface area contributed by atoms with E-state index in [0.717, 1.165) is 45.2 Å². The fraction of sp³-hybridized carbons (Fsp3) is 0.688. The zero-order valence-electron chi connectivity index (χ0n) is 12.2. The average Bonchev–Trinajstić information content (AvgIpc) is 2.51. The molecule has 0 spiro atoms. The lowest BCUT2D eigenvalue weighted by atomic mass is 10.1. The van der Waals surface area contributed by atoms with E-state index in [1.54, 1.807) is 0 Å². The summed E-state index contributed by atoms with van der Waals surface area (Å²) >= 11 is 0. The van der Waals surface area contributed by atoms with Crippen molar-refractivity contribution in [2.45, 2.75) is 59.3 Å². The third kappa shape index (κ3) is 6.04. The molecular weight excluding hydrogens is 222 g/mol. The maximum Gasteiger partial charge on any atom is 0.222 e. The number of likely N-dealkylation sites (tertiary alicyclic amines) is 1. The summed E-state index contributed by atoms with van der Waals surface area (Å²) in [5, 5.41) is 0. The Balaban J connectivity index is 2.36. The fourth-order valence-electron chi connectivity index (χ4n) is 2.19. The molecule has 2 heteroatoms.